The molecule has 0 atom stereocenters. The third kappa shape index (κ3) is 2.63. The van der Waals surface area contributed by atoms with Crippen molar-refractivity contribution in [2.24, 2.45) is 0 Å². The van der Waals surface area contributed by atoms with E-state index in [1.165, 1.54) is 25.7 Å². The van der Waals surface area contributed by atoms with Gasteiger partial charge in [0.1, 0.15) is 0 Å². The summed E-state index contributed by atoms with van der Waals surface area (Å²) in [5, 5.41) is 0.550. The zero-order valence-corrected chi connectivity index (χ0v) is 10.9. The molecule has 0 heterocycles. The Kier molecular flexibility index (Phi) is 4.06. The van der Waals surface area contributed by atoms with Crippen LogP contribution in [0.1, 0.15) is 43.0 Å². The minimum Gasteiger partial charge on any atom is -0.369 e. The standard InChI is InChI=1S/C14H18ClNO/c1-2-16(12-5-3-4-6-12)13-8-7-11(10-17)14(15)9-13/h7-10,12H,2-6H2,1H3. The van der Waals surface area contributed by atoms with Gasteiger partial charge in [-0.15, -0.1) is 0 Å². The fraction of sp³-hybridized carbons (Fsp3) is 0.500. The van der Waals surface area contributed by atoms with Crippen LogP contribution in [-0.4, -0.2) is 18.9 Å². The average Bonchev–Trinajstić information content (AvgIpc) is 2.84. The third-order valence-electron chi connectivity index (χ3n) is 3.55. The maximum atomic E-state index is 10.7. The minimum atomic E-state index is 0.550. The van der Waals surface area contributed by atoms with Crippen molar-refractivity contribution in [3.63, 3.8) is 0 Å². The molecule has 1 aromatic rings. The van der Waals surface area contributed by atoms with Crippen LogP contribution in [0.5, 0.6) is 0 Å². The van der Waals surface area contributed by atoms with Crippen molar-refractivity contribution in [2.75, 3.05) is 11.4 Å². The smallest absolute Gasteiger partial charge is 0.151 e. The minimum absolute atomic E-state index is 0.550. The van der Waals surface area contributed by atoms with E-state index in [4.69, 9.17) is 11.6 Å². The van der Waals surface area contributed by atoms with Crippen molar-refractivity contribution >= 4 is 23.6 Å². The van der Waals surface area contributed by atoms with E-state index in [9.17, 15) is 4.79 Å². The molecule has 0 saturated heterocycles. The molecule has 2 rings (SSSR count). The molecule has 92 valence electrons. The second-order valence-electron chi connectivity index (χ2n) is 4.55. The van der Waals surface area contributed by atoms with Crippen molar-refractivity contribution in [1.29, 1.82) is 0 Å². The molecule has 3 heteroatoms. The summed E-state index contributed by atoms with van der Waals surface area (Å²) in [5.74, 6) is 0. The number of rotatable bonds is 4. The van der Waals surface area contributed by atoms with E-state index in [0.29, 0.717) is 16.6 Å². The first-order valence-corrected chi connectivity index (χ1v) is 6.65. The zero-order chi connectivity index (χ0) is 12.3. The Morgan fingerprint density at radius 3 is 2.65 bits per heavy atom. The second kappa shape index (κ2) is 5.54. The van der Waals surface area contributed by atoms with Gasteiger partial charge in [0.2, 0.25) is 0 Å². The van der Waals surface area contributed by atoms with Gasteiger partial charge in [0.05, 0.1) is 5.02 Å². The van der Waals surface area contributed by atoms with Crippen LogP contribution in [-0.2, 0) is 0 Å². The molecule has 1 aliphatic carbocycles. The normalized spacial score (nSPS) is 16.1. The Balaban J connectivity index is 2.24. The van der Waals surface area contributed by atoms with E-state index < -0.39 is 0 Å². The summed E-state index contributed by atoms with van der Waals surface area (Å²) in [5.41, 5.74) is 1.70. The molecule has 0 unspecified atom stereocenters. The van der Waals surface area contributed by atoms with Gasteiger partial charge < -0.3 is 4.90 Å². The Labute approximate surface area is 108 Å². The molecule has 0 amide bonds. The lowest BCUT2D eigenvalue weighted by Crippen LogP contribution is -2.32. The van der Waals surface area contributed by atoms with E-state index in [1.807, 2.05) is 18.2 Å². The van der Waals surface area contributed by atoms with Gasteiger partial charge in [0.15, 0.2) is 6.29 Å². The van der Waals surface area contributed by atoms with Gasteiger partial charge in [-0.25, -0.2) is 0 Å². The van der Waals surface area contributed by atoms with Crippen molar-refractivity contribution in [2.45, 2.75) is 38.6 Å². The topological polar surface area (TPSA) is 20.3 Å². The van der Waals surface area contributed by atoms with Crippen LogP contribution in [0.25, 0.3) is 0 Å². The highest BCUT2D eigenvalue weighted by molar-refractivity contribution is 6.33. The largest absolute Gasteiger partial charge is 0.369 e. The molecule has 0 aliphatic heterocycles. The molecule has 2 nitrogen and oxygen atoms in total. The molecule has 1 saturated carbocycles. The average molecular weight is 252 g/mol. The van der Waals surface area contributed by atoms with Gasteiger partial charge in [0, 0.05) is 23.8 Å². The van der Waals surface area contributed by atoms with Gasteiger partial charge in [0.25, 0.3) is 0 Å². The number of aldehydes is 1. The van der Waals surface area contributed by atoms with E-state index in [-0.39, 0.29) is 0 Å². The molecule has 0 bridgehead atoms. The highest BCUT2D eigenvalue weighted by Crippen LogP contribution is 2.30. The summed E-state index contributed by atoms with van der Waals surface area (Å²) in [6, 6.07) is 6.35. The Morgan fingerprint density at radius 1 is 1.41 bits per heavy atom. The Morgan fingerprint density at radius 2 is 2.12 bits per heavy atom. The van der Waals surface area contributed by atoms with Crippen LogP contribution >= 0.6 is 11.6 Å². The van der Waals surface area contributed by atoms with Crippen LogP contribution in [0, 0.1) is 0 Å². The quantitative estimate of drug-likeness (QED) is 0.756. The predicted molar refractivity (Wildman–Crippen MR) is 72.1 cm³/mol. The first-order valence-electron chi connectivity index (χ1n) is 6.27. The van der Waals surface area contributed by atoms with Gasteiger partial charge in [-0.05, 0) is 38.0 Å². The Bertz CT molecular complexity index is 399. The maximum absolute atomic E-state index is 10.7. The van der Waals surface area contributed by atoms with E-state index in [1.54, 1.807) is 0 Å². The predicted octanol–water partition coefficient (Wildman–Crippen LogP) is 3.92. The first kappa shape index (κ1) is 12.4. The maximum Gasteiger partial charge on any atom is 0.151 e. The molecule has 1 fully saturated rings. The number of nitrogens with zero attached hydrogens (tertiary/aromatic N) is 1. The summed E-state index contributed by atoms with van der Waals surface area (Å²) in [7, 11) is 0. The molecule has 0 aromatic heterocycles. The van der Waals surface area contributed by atoms with Crippen molar-refractivity contribution in [3.05, 3.63) is 28.8 Å². The number of carbonyl (C=O) groups excluding carboxylic acids is 1. The number of anilines is 1. The molecule has 1 aromatic carbocycles. The van der Waals surface area contributed by atoms with Crippen molar-refractivity contribution < 1.29 is 4.79 Å². The zero-order valence-electron chi connectivity index (χ0n) is 10.2. The lowest BCUT2D eigenvalue weighted by molar-refractivity contribution is 0.112. The van der Waals surface area contributed by atoms with Crippen LogP contribution in [0.15, 0.2) is 18.2 Å². The molecule has 0 N–H and O–H groups in total. The number of carbonyl (C=O) groups is 1. The highest BCUT2D eigenvalue weighted by Gasteiger charge is 2.21. The van der Waals surface area contributed by atoms with Crippen LogP contribution in [0.2, 0.25) is 5.02 Å². The van der Waals surface area contributed by atoms with Gasteiger partial charge in [-0.2, -0.15) is 0 Å². The highest BCUT2D eigenvalue weighted by atomic mass is 35.5. The second-order valence-corrected chi connectivity index (χ2v) is 4.96. The Hall–Kier alpha value is -1.02. The lowest BCUT2D eigenvalue weighted by atomic mass is 10.1. The molecule has 1 aliphatic rings. The van der Waals surface area contributed by atoms with Gasteiger partial charge in [-0.1, -0.05) is 24.4 Å². The summed E-state index contributed by atoms with van der Waals surface area (Å²) >= 11 is 6.08. The molecule has 0 radical (unpaired) electrons. The van der Waals surface area contributed by atoms with Crippen LogP contribution in [0.3, 0.4) is 0 Å². The lowest BCUT2D eigenvalue weighted by Gasteiger charge is -2.30. The van der Waals surface area contributed by atoms with Gasteiger partial charge in [-0.3, -0.25) is 4.79 Å². The number of halogens is 1. The van der Waals surface area contributed by atoms with Crippen LogP contribution < -0.4 is 4.90 Å². The van der Waals surface area contributed by atoms with Crippen molar-refractivity contribution in [3.8, 4) is 0 Å². The summed E-state index contributed by atoms with van der Waals surface area (Å²) in [4.78, 5) is 13.1. The molecule has 17 heavy (non-hydrogen) atoms. The summed E-state index contributed by atoms with van der Waals surface area (Å²) < 4.78 is 0. The number of hydrogen-bond acceptors (Lipinski definition) is 2. The first-order chi connectivity index (χ1) is 8.26. The van der Waals surface area contributed by atoms with E-state index in [0.717, 1.165) is 18.5 Å². The monoisotopic (exact) mass is 251 g/mol. The van der Waals surface area contributed by atoms with E-state index >= 15 is 0 Å². The third-order valence-corrected chi connectivity index (χ3v) is 3.88. The number of hydrogen-bond donors (Lipinski definition) is 0. The van der Waals surface area contributed by atoms with Crippen LogP contribution in [0.4, 0.5) is 5.69 Å². The summed E-state index contributed by atoms with van der Waals surface area (Å²) in [6.45, 7) is 3.15. The fourth-order valence-electron chi connectivity index (χ4n) is 2.66. The summed E-state index contributed by atoms with van der Waals surface area (Å²) in [6.07, 6.45) is 5.97. The molecular formula is C14H18ClNO. The SMILES string of the molecule is CCN(c1ccc(C=O)c(Cl)c1)C1CCCC1. The van der Waals surface area contributed by atoms with Crippen molar-refractivity contribution in [1.82, 2.24) is 0 Å². The fourth-order valence-corrected chi connectivity index (χ4v) is 2.88. The molecule has 0 spiro atoms. The van der Waals surface area contributed by atoms with E-state index in [2.05, 4.69) is 11.8 Å². The van der Waals surface area contributed by atoms with Gasteiger partial charge >= 0.3 is 0 Å². The number of benzene rings is 1. The molecular weight excluding hydrogens is 234 g/mol.